The van der Waals surface area contributed by atoms with Gasteiger partial charge in [-0.25, -0.2) is 4.90 Å². The fourth-order valence-corrected chi connectivity index (χ4v) is 5.84. The van der Waals surface area contributed by atoms with Crippen molar-refractivity contribution in [3.8, 4) is 0 Å². The lowest BCUT2D eigenvalue weighted by molar-refractivity contribution is -0.124. The SMILES string of the molecule is Cc1ccc(NC(=O)c2cccc(N3C(=O)C4C5C=CC(C6CC56)C4C3=O)c2)cc1. The first kappa shape index (κ1) is 17.6. The number of hydrogen-bond donors (Lipinski definition) is 1. The molecule has 3 fully saturated rings. The Hall–Kier alpha value is -3.21. The van der Waals surface area contributed by atoms with Gasteiger partial charge in [-0.15, -0.1) is 0 Å². The van der Waals surface area contributed by atoms with Crippen LogP contribution >= 0.6 is 0 Å². The van der Waals surface area contributed by atoms with Gasteiger partial charge in [-0.05, 0) is 67.3 Å². The summed E-state index contributed by atoms with van der Waals surface area (Å²) in [6.45, 7) is 1.99. The van der Waals surface area contributed by atoms with Gasteiger partial charge in [0.05, 0.1) is 17.5 Å². The molecule has 0 radical (unpaired) electrons. The number of nitrogens with one attached hydrogen (secondary N) is 1. The Bertz CT molecular complexity index is 1080. The van der Waals surface area contributed by atoms with Crippen LogP contribution in [0.3, 0.4) is 0 Å². The van der Waals surface area contributed by atoms with Crippen LogP contribution in [-0.2, 0) is 9.59 Å². The Balaban J connectivity index is 1.28. The second-order valence-electron chi connectivity index (χ2n) is 9.04. The Morgan fingerprint density at radius 3 is 2.20 bits per heavy atom. The van der Waals surface area contributed by atoms with E-state index in [-0.39, 0.29) is 41.4 Å². The molecule has 5 nitrogen and oxygen atoms in total. The number of anilines is 2. The zero-order chi connectivity index (χ0) is 20.6. The van der Waals surface area contributed by atoms with Crippen molar-refractivity contribution in [3.63, 3.8) is 0 Å². The molecule has 2 aromatic carbocycles. The molecule has 150 valence electrons. The highest BCUT2D eigenvalue weighted by atomic mass is 16.2. The summed E-state index contributed by atoms with van der Waals surface area (Å²) in [5.41, 5.74) is 2.73. The van der Waals surface area contributed by atoms with Crippen molar-refractivity contribution < 1.29 is 14.4 Å². The van der Waals surface area contributed by atoms with Crippen LogP contribution in [0.5, 0.6) is 0 Å². The third-order valence-corrected chi connectivity index (χ3v) is 7.34. The zero-order valence-corrected chi connectivity index (χ0v) is 16.6. The van der Waals surface area contributed by atoms with Gasteiger partial charge < -0.3 is 5.32 Å². The number of aryl methyl sites for hydroxylation is 1. The van der Waals surface area contributed by atoms with Gasteiger partial charge in [0.15, 0.2) is 0 Å². The van der Waals surface area contributed by atoms with Gasteiger partial charge in [-0.1, -0.05) is 35.9 Å². The van der Waals surface area contributed by atoms with Gasteiger partial charge in [0, 0.05) is 11.3 Å². The van der Waals surface area contributed by atoms with Gasteiger partial charge in [0.2, 0.25) is 11.8 Å². The minimum absolute atomic E-state index is 0.106. The molecule has 0 spiro atoms. The van der Waals surface area contributed by atoms with Gasteiger partial charge >= 0.3 is 0 Å². The van der Waals surface area contributed by atoms with E-state index in [0.717, 1.165) is 12.0 Å². The number of nitrogens with zero attached hydrogens (tertiary/aromatic N) is 1. The molecule has 5 aliphatic rings. The summed E-state index contributed by atoms with van der Waals surface area (Å²) in [5, 5.41) is 2.87. The lowest BCUT2D eigenvalue weighted by Gasteiger charge is -2.37. The fourth-order valence-electron chi connectivity index (χ4n) is 5.84. The van der Waals surface area contributed by atoms with E-state index in [4.69, 9.17) is 0 Å². The molecule has 0 aromatic heterocycles. The molecule has 6 unspecified atom stereocenters. The largest absolute Gasteiger partial charge is 0.322 e. The van der Waals surface area contributed by atoms with Crippen molar-refractivity contribution in [2.45, 2.75) is 13.3 Å². The fraction of sp³-hybridized carbons (Fsp3) is 0.320. The summed E-state index contributed by atoms with van der Waals surface area (Å²) in [5.74, 6) is 0.590. The van der Waals surface area contributed by atoms with Gasteiger partial charge in [0.1, 0.15) is 0 Å². The molecule has 1 aliphatic heterocycles. The maximum atomic E-state index is 13.3. The maximum Gasteiger partial charge on any atom is 0.255 e. The lowest BCUT2D eigenvalue weighted by atomic mass is 9.63. The van der Waals surface area contributed by atoms with Gasteiger partial charge in [0.25, 0.3) is 5.91 Å². The zero-order valence-electron chi connectivity index (χ0n) is 16.6. The topological polar surface area (TPSA) is 66.5 Å². The first-order valence-electron chi connectivity index (χ1n) is 10.6. The molecule has 30 heavy (non-hydrogen) atoms. The quantitative estimate of drug-likeness (QED) is 0.632. The van der Waals surface area contributed by atoms with Crippen molar-refractivity contribution in [1.82, 2.24) is 0 Å². The molecule has 4 aliphatic carbocycles. The number of amides is 3. The Kier molecular flexibility index (Phi) is 3.61. The summed E-state index contributed by atoms with van der Waals surface area (Å²) in [6.07, 6.45) is 5.48. The maximum absolute atomic E-state index is 13.3. The van der Waals surface area contributed by atoms with Crippen LogP contribution in [0.25, 0.3) is 0 Å². The predicted molar refractivity (Wildman–Crippen MR) is 113 cm³/mol. The number of rotatable bonds is 3. The molecular weight excluding hydrogens is 376 g/mol. The number of benzene rings is 2. The van der Waals surface area contributed by atoms with Gasteiger partial charge in [-0.3, -0.25) is 14.4 Å². The van der Waals surface area contributed by atoms with E-state index < -0.39 is 0 Å². The van der Waals surface area contributed by atoms with Crippen LogP contribution in [0, 0.1) is 42.4 Å². The van der Waals surface area contributed by atoms with Crippen molar-refractivity contribution in [2.75, 3.05) is 10.2 Å². The lowest BCUT2D eigenvalue weighted by Crippen LogP contribution is -2.40. The summed E-state index contributed by atoms with van der Waals surface area (Å²) < 4.78 is 0. The minimum Gasteiger partial charge on any atom is -0.322 e. The number of hydrogen-bond acceptors (Lipinski definition) is 3. The van der Waals surface area contributed by atoms with Crippen LogP contribution in [0.4, 0.5) is 11.4 Å². The molecule has 2 saturated carbocycles. The van der Waals surface area contributed by atoms with E-state index in [1.54, 1.807) is 24.3 Å². The first-order valence-corrected chi connectivity index (χ1v) is 10.6. The second kappa shape index (κ2) is 6.14. The summed E-state index contributed by atoms with van der Waals surface area (Å²) in [6, 6.07) is 14.4. The van der Waals surface area contributed by atoms with Crippen molar-refractivity contribution in [1.29, 1.82) is 0 Å². The Morgan fingerprint density at radius 1 is 0.933 bits per heavy atom. The average Bonchev–Trinajstić information content (AvgIpc) is 3.53. The number of carbonyl (C=O) groups excluding carboxylic acids is 3. The normalized spacial score (nSPS) is 32.8. The molecule has 3 amide bonds. The van der Waals surface area contributed by atoms with E-state index >= 15 is 0 Å². The van der Waals surface area contributed by atoms with Crippen LogP contribution in [0.2, 0.25) is 0 Å². The third-order valence-electron chi connectivity index (χ3n) is 7.34. The van der Waals surface area contributed by atoms with E-state index in [9.17, 15) is 14.4 Å². The molecule has 6 atom stereocenters. The van der Waals surface area contributed by atoms with Crippen LogP contribution < -0.4 is 10.2 Å². The molecule has 2 aromatic rings. The van der Waals surface area contributed by atoms with E-state index in [1.807, 2.05) is 31.2 Å². The van der Waals surface area contributed by atoms with Crippen LogP contribution in [0.1, 0.15) is 22.3 Å². The molecular formula is C25H22N2O3. The van der Waals surface area contributed by atoms with Crippen molar-refractivity contribution in [2.24, 2.45) is 35.5 Å². The number of carbonyl (C=O) groups is 3. The van der Waals surface area contributed by atoms with Crippen molar-refractivity contribution in [3.05, 3.63) is 71.8 Å². The third kappa shape index (κ3) is 2.44. The Morgan fingerprint density at radius 2 is 1.57 bits per heavy atom. The van der Waals surface area contributed by atoms with Crippen LogP contribution in [0.15, 0.2) is 60.7 Å². The molecule has 1 N–H and O–H groups in total. The highest BCUT2D eigenvalue weighted by Crippen LogP contribution is 2.65. The standard InChI is InChI=1S/C25H22N2O3/c1-13-5-7-15(8-6-13)26-23(28)14-3-2-4-16(11-14)27-24(29)21-17-9-10-18(20-12-19(17)20)22(21)25(27)30/h2-11,17-22H,12H2,1H3,(H,26,28). The number of allylic oxidation sites excluding steroid dienone is 2. The van der Waals surface area contributed by atoms with E-state index in [1.165, 1.54) is 4.90 Å². The molecule has 5 heteroatoms. The van der Waals surface area contributed by atoms with E-state index in [2.05, 4.69) is 17.5 Å². The predicted octanol–water partition coefficient (Wildman–Crippen LogP) is 3.80. The average molecular weight is 398 g/mol. The minimum atomic E-state index is -0.264. The second-order valence-corrected chi connectivity index (χ2v) is 9.04. The van der Waals surface area contributed by atoms with E-state index in [0.29, 0.717) is 28.8 Å². The van der Waals surface area contributed by atoms with Crippen molar-refractivity contribution >= 4 is 29.1 Å². The van der Waals surface area contributed by atoms with Crippen LogP contribution in [-0.4, -0.2) is 17.7 Å². The monoisotopic (exact) mass is 398 g/mol. The highest BCUT2D eigenvalue weighted by molar-refractivity contribution is 6.23. The van der Waals surface area contributed by atoms with Gasteiger partial charge in [-0.2, -0.15) is 0 Å². The highest BCUT2D eigenvalue weighted by Gasteiger charge is 2.67. The molecule has 7 rings (SSSR count). The summed E-state index contributed by atoms with van der Waals surface area (Å²) >= 11 is 0. The molecule has 1 saturated heterocycles. The summed E-state index contributed by atoms with van der Waals surface area (Å²) in [7, 11) is 0. The smallest absolute Gasteiger partial charge is 0.255 e. The Labute approximate surface area is 174 Å². The molecule has 1 heterocycles. The first-order chi connectivity index (χ1) is 14.5. The molecule has 2 bridgehead atoms. The summed E-state index contributed by atoms with van der Waals surface area (Å²) in [4.78, 5) is 40.6. The number of imide groups is 1.